The van der Waals surface area contributed by atoms with Crippen molar-refractivity contribution in [2.75, 3.05) is 29.9 Å². The molecule has 0 aliphatic carbocycles. The number of benzene rings is 4. The molecule has 9 heteroatoms. The normalized spacial score (nSPS) is 11.1. The van der Waals surface area contributed by atoms with E-state index in [1.165, 1.54) is 0 Å². The standard InChI is InChI=1S/C33H37N3O5S/c1-5-40-29-16-12-27(13-17-29)35-33(37)36(28-14-18-31(19-15-28)41-30-10-7-6-8-11-30)21-9-20-34-42(38,39)32-25(3)22-24(2)23-26(32)4/h6-8,10-19,22-23,34H,5,9,20-21H2,1-4H3,(H,35,37). The van der Waals surface area contributed by atoms with E-state index in [4.69, 9.17) is 9.47 Å². The number of amides is 2. The summed E-state index contributed by atoms with van der Waals surface area (Å²) < 4.78 is 40.3. The Bertz CT molecular complexity index is 1570. The minimum absolute atomic E-state index is 0.164. The van der Waals surface area contributed by atoms with Crippen molar-refractivity contribution < 1.29 is 22.7 Å². The molecule has 0 aliphatic rings. The summed E-state index contributed by atoms with van der Waals surface area (Å²) in [4.78, 5) is 15.3. The van der Waals surface area contributed by atoms with Gasteiger partial charge in [-0.1, -0.05) is 35.9 Å². The lowest BCUT2D eigenvalue weighted by Gasteiger charge is -2.24. The fourth-order valence-corrected chi connectivity index (χ4v) is 6.29. The summed E-state index contributed by atoms with van der Waals surface area (Å²) in [5, 5.41) is 2.93. The molecular formula is C33H37N3O5S. The van der Waals surface area contributed by atoms with Crippen LogP contribution < -0.4 is 24.4 Å². The number of nitrogens with one attached hydrogen (secondary N) is 2. The van der Waals surface area contributed by atoms with E-state index < -0.39 is 10.0 Å². The first-order valence-corrected chi connectivity index (χ1v) is 15.4. The van der Waals surface area contributed by atoms with E-state index in [1.54, 1.807) is 67.3 Å². The van der Waals surface area contributed by atoms with Crippen LogP contribution in [0.5, 0.6) is 17.2 Å². The second-order valence-electron chi connectivity index (χ2n) is 9.93. The molecule has 0 bridgehead atoms. The fraction of sp³-hybridized carbons (Fsp3) is 0.242. The highest BCUT2D eigenvalue weighted by atomic mass is 32.2. The molecule has 2 N–H and O–H groups in total. The van der Waals surface area contributed by atoms with Crippen molar-refractivity contribution in [2.45, 2.75) is 39.0 Å². The Labute approximate surface area is 248 Å². The first-order chi connectivity index (χ1) is 20.2. The Balaban J connectivity index is 1.47. The third kappa shape index (κ3) is 8.11. The first kappa shape index (κ1) is 30.6. The molecule has 8 nitrogen and oxygen atoms in total. The zero-order valence-corrected chi connectivity index (χ0v) is 25.2. The van der Waals surface area contributed by atoms with Crippen LogP contribution in [0.2, 0.25) is 0 Å². The number of rotatable bonds is 12. The summed E-state index contributed by atoms with van der Waals surface area (Å²) in [5.74, 6) is 2.06. The van der Waals surface area contributed by atoms with E-state index in [2.05, 4.69) is 10.0 Å². The topological polar surface area (TPSA) is 97.0 Å². The van der Waals surface area contributed by atoms with Crippen LogP contribution in [0.3, 0.4) is 0 Å². The Morgan fingerprint density at radius 3 is 2.02 bits per heavy atom. The third-order valence-electron chi connectivity index (χ3n) is 6.51. The van der Waals surface area contributed by atoms with Gasteiger partial charge in [-0.25, -0.2) is 17.9 Å². The molecule has 0 aliphatic heterocycles. The summed E-state index contributed by atoms with van der Waals surface area (Å²) in [5.41, 5.74) is 3.68. The van der Waals surface area contributed by atoms with Crippen molar-refractivity contribution in [3.63, 3.8) is 0 Å². The molecule has 0 unspecified atom stereocenters. The van der Waals surface area contributed by atoms with Crippen LogP contribution in [-0.2, 0) is 10.0 Å². The summed E-state index contributed by atoms with van der Waals surface area (Å²) in [7, 11) is -3.71. The molecule has 0 fully saturated rings. The Kier molecular flexibility index (Phi) is 10.2. The number of urea groups is 1. The van der Waals surface area contributed by atoms with Gasteiger partial charge in [0.1, 0.15) is 17.2 Å². The van der Waals surface area contributed by atoms with Gasteiger partial charge in [-0.2, -0.15) is 0 Å². The highest BCUT2D eigenvalue weighted by molar-refractivity contribution is 7.89. The van der Waals surface area contributed by atoms with Gasteiger partial charge in [-0.15, -0.1) is 0 Å². The van der Waals surface area contributed by atoms with Crippen LogP contribution in [0.25, 0.3) is 0 Å². The van der Waals surface area contributed by atoms with E-state index in [0.717, 1.165) is 5.56 Å². The van der Waals surface area contributed by atoms with Gasteiger partial charge in [0.15, 0.2) is 0 Å². The molecule has 0 spiro atoms. The smallest absolute Gasteiger partial charge is 0.326 e. The van der Waals surface area contributed by atoms with Crippen molar-refractivity contribution in [3.8, 4) is 17.2 Å². The molecule has 4 aromatic carbocycles. The fourth-order valence-electron chi connectivity index (χ4n) is 4.77. The van der Waals surface area contributed by atoms with Crippen LogP contribution in [0.15, 0.2) is 95.9 Å². The minimum atomic E-state index is -3.71. The van der Waals surface area contributed by atoms with Gasteiger partial charge in [0.25, 0.3) is 0 Å². The van der Waals surface area contributed by atoms with E-state index in [-0.39, 0.29) is 19.1 Å². The predicted molar refractivity (Wildman–Crippen MR) is 167 cm³/mol. The molecule has 0 heterocycles. The number of anilines is 2. The van der Waals surface area contributed by atoms with Gasteiger partial charge in [-0.05, 0) is 106 Å². The average molecular weight is 588 g/mol. The monoisotopic (exact) mass is 587 g/mol. The number of ether oxygens (including phenoxy) is 2. The Morgan fingerprint density at radius 2 is 1.40 bits per heavy atom. The van der Waals surface area contributed by atoms with Crippen molar-refractivity contribution in [2.24, 2.45) is 0 Å². The molecule has 42 heavy (non-hydrogen) atoms. The maximum absolute atomic E-state index is 13.4. The second-order valence-corrected chi connectivity index (χ2v) is 11.6. The van der Waals surface area contributed by atoms with Gasteiger partial charge < -0.3 is 14.8 Å². The summed E-state index contributed by atoms with van der Waals surface area (Å²) in [6.07, 6.45) is 0.391. The van der Waals surface area contributed by atoms with Crippen molar-refractivity contribution in [3.05, 3.63) is 108 Å². The highest BCUT2D eigenvalue weighted by Gasteiger charge is 2.21. The van der Waals surface area contributed by atoms with Gasteiger partial charge in [0.05, 0.1) is 11.5 Å². The van der Waals surface area contributed by atoms with Crippen LogP contribution in [-0.4, -0.2) is 34.1 Å². The molecule has 0 radical (unpaired) electrons. The molecule has 0 saturated carbocycles. The molecule has 4 rings (SSSR count). The number of carbonyl (C=O) groups is 1. The van der Waals surface area contributed by atoms with Crippen LogP contribution in [0, 0.1) is 20.8 Å². The molecule has 2 amide bonds. The number of sulfonamides is 1. The lowest BCUT2D eigenvalue weighted by molar-refractivity contribution is 0.257. The minimum Gasteiger partial charge on any atom is -0.494 e. The molecule has 0 saturated heterocycles. The van der Waals surface area contributed by atoms with Gasteiger partial charge in [-0.3, -0.25) is 4.90 Å². The average Bonchev–Trinajstić information content (AvgIpc) is 2.94. The van der Waals surface area contributed by atoms with Crippen molar-refractivity contribution in [1.82, 2.24) is 4.72 Å². The molecule has 4 aromatic rings. The lowest BCUT2D eigenvalue weighted by Crippen LogP contribution is -2.37. The predicted octanol–water partition coefficient (Wildman–Crippen LogP) is 7.21. The number of carbonyl (C=O) groups excluding carboxylic acids is 1. The number of nitrogens with zero attached hydrogens (tertiary/aromatic N) is 1. The van der Waals surface area contributed by atoms with Crippen molar-refractivity contribution >= 4 is 27.4 Å². The first-order valence-electron chi connectivity index (χ1n) is 13.9. The number of hydrogen-bond acceptors (Lipinski definition) is 5. The maximum atomic E-state index is 13.4. The largest absolute Gasteiger partial charge is 0.494 e. The Hall–Kier alpha value is -4.34. The lowest BCUT2D eigenvalue weighted by atomic mass is 10.1. The van der Waals surface area contributed by atoms with Crippen LogP contribution >= 0.6 is 0 Å². The summed E-state index contributed by atoms with van der Waals surface area (Å²) >= 11 is 0. The SMILES string of the molecule is CCOc1ccc(NC(=O)N(CCCNS(=O)(=O)c2c(C)cc(C)cc2C)c2ccc(Oc3ccccc3)cc2)cc1. The molecule has 0 aromatic heterocycles. The third-order valence-corrected chi connectivity index (χ3v) is 8.28. The Morgan fingerprint density at radius 1 is 0.810 bits per heavy atom. The van der Waals surface area contributed by atoms with E-state index in [9.17, 15) is 13.2 Å². The highest BCUT2D eigenvalue weighted by Crippen LogP contribution is 2.26. The quantitative estimate of drug-likeness (QED) is 0.171. The number of para-hydroxylation sites is 1. The molecule has 0 atom stereocenters. The zero-order valence-electron chi connectivity index (χ0n) is 24.4. The van der Waals surface area contributed by atoms with E-state index in [1.807, 2.05) is 56.3 Å². The molecule has 220 valence electrons. The van der Waals surface area contributed by atoms with Crippen LogP contribution in [0.1, 0.15) is 30.0 Å². The summed E-state index contributed by atoms with van der Waals surface area (Å²) in [6.45, 7) is 8.44. The van der Waals surface area contributed by atoms with Gasteiger partial charge in [0, 0.05) is 24.5 Å². The number of aryl methyl sites for hydroxylation is 3. The van der Waals surface area contributed by atoms with Crippen molar-refractivity contribution in [1.29, 1.82) is 0 Å². The summed E-state index contributed by atoms with van der Waals surface area (Å²) in [6, 6.07) is 27.2. The van der Waals surface area contributed by atoms with Gasteiger partial charge in [0.2, 0.25) is 10.0 Å². The van der Waals surface area contributed by atoms with Gasteiger partial charge >= 0.3 is 6.03 Å². The second kappa shape index (κ2) is 14.0. The number of hydrogen-bond donors (Lipinski definition) is 2. The van der Waals surface area contributed by atoms with E-state index in [0.29, 0.717) is 57.7 Å². The maximum Gasteiger partial charge on any atom is 0.326 e. The van der Waals surface area contributed by atoms with Crippen LogP contribution in [0.4, 0.5) is 16.2 Å². The zero-order chi connectivity index (χ0) is 30.1. The van der Waals surface area contributed by atoms with E-state index >= 15 is 0 Å². The molecular weight excluding hydrogens is 550 g/mol.